The van der Waals surface area contributed by atoms with Crippen molar-refractivity contribution in [1.82, 2.24) is 4.98 Å². The van der Waals surface area contributed by atoms with Gasteiger partial charge in [-0.2, -0.15) is 13.2 Å². The molecule has 0 aliphatic carbocycles. The van der Waals surface area contributed by atoms with Crippen molar-refractivity contribution in [3.8, 4) is 10.6 Å². The van der Waals surface area contributed by atoms with Gasteiger partial charge in [0, 0.05) is 12.0 Å². The van der Waals surface area contributed by atoms with Gasteiger partial charge in [0.05, 0.1) is 29.3 Å². The van der Waals surface area contributed by atoms with Crippen molar-refractivity contribution in [3.05, 3.63) is 75.3 Å². The summed E-state index contributed by atoms with van der Waals surface area (Å²) in [7, 11) is 0. The molecule has 0 radical (unpaired) electrons. The number of carboxylic acid groups (broad SMARTS) is 1. The second kappa shape index (κ2) is 10.5. The van der Waals surface area contributed by atoms with Gasteiger partial charge >= 0.3 is 12.1 Å². The number of nitrogens with zero attached hydrogens (tertiary/aromatic N) is 1. The summed E-state index contributed by atoms with van der Waals surface area (Å²) in [6.45, 7) is 6.75. The van der Waals surface area contributed by atoms with E-state index < -0.39 is 17.7 Å². The van der Waals surface area contributed by atoms with E-state index in [9.17, 15) is 18.0 Å². The van der Waals surface area contributed by atoms with Crippen LogP contribution in [-0.4, -0.2) is 16.1 Å². The average Bonchev–Trinajstić information content (AvgIpc) is 3.17. The molecule has 3 aromatic rings. The summed E-state index contributed by atoms with van der Waals surface area (Å²) in [5.74, 6) is -0.665. The Balaban J connectivity index is 1.68. The maximum atomic E-state index is 12.8. The molecule has 4 nitrogen and oxygen atoms in total. The summed E-state index contributed by atoms with van der Waals surface area (Å²) in [6.07, 6.45) is -3.77. The monoisotopic (exact) mass is 477 g/mol. The Morgan fingerprint density at radius 3 is 2.39 bits per heavy atom. The molecule has 1 N–H and O–H groups in total. The Bertz CT molecular complexity index is 1110. The van der Waals surface area contributed by atoms with Crippen LogP contribution in [0.5, 0.6) is 0 Å². The number of aliphatic carboxylic acids is 1. The first-order chi connectivity index (χ1) is 15.5. The largest absolute Gasteiger partial charge is 0.481 e. The standard InChI is InChI=1S/C25H26F3NO3S/c1-15(2)23-21(33-24(29-23)19-6-9-20(10-7-19)25(26,27)28)14-32-13-17-4-5-18(16(3)12-17)8-11-22(30)31/h4-7,9-10,12,15H,8,11,13-14H2,1-3H3,(H,30,31). The molecular weight excluding hydrogens is 451 g/mol. The van der Waals surface area contributed by atoms with Gasteiger partial charge in [-0.25, -0.2) is 4.98 Å². The van der Waals surface area contributed by atoms with Crippen LogP contribution in [0.15, 0.2) is 42.5 Å². The number of thiazole rings is 1. The molecule has 0 aliphatic heterocycles. The lowest BCUT2D eigenvalue weighted by Crippen LogP contribution is -2.03. The highest BCUT2D eigenvalue weighted by atomic mass is 32.1. The molecule has 0 saturated carbocycles. The Labute approximate surface area is 195 Å². The summed E-state index contributed by atoms with van der Waals surface area (Å²) in [6, 6.07) is 10.9. The molecule has 8 heteroatoms. The molecule has 1 aromatic heterocycles. The van der Waals surface area contributed by atoms with Crippen molar-refractivity contribution in [2.75, 3.05) is 0 Å². The number of hydrogen-bond acceptors (Lipinski definition) is 4. The number of benzene rings is 2. The molecule has 33 heavy (non-hydrogen) atoms. The minimum atomic E-state index is -4.36. The highest BCUT2D eigenvalue weighted by Gasteiger charge is 2.30. The number of rotatable bonds is 9. The highest BCUT2D eigenvalue weighted by Crippen LogP contribution is 2.35. The first-order valence-corrected chi connectivity index (χ1v) is 11.4. The molecule has 0 atom stereocenters. The first-order valence-electron chi connectivity index (χ1n) is 10.6. The van der Waals surface area contributed by atoms with Crippen molar-refractivity contribution in [2.24, 2.45) is 0 Å². The fraction of sp³-hybridized carbons (Fsp3) is 0.360. The maximum absolute atomic E-state index is 12.8. The fourth-order valence-electron chi connectivity index (χ4n) is 3.47. The van der Waals surface area contributed by atoms with Crippen molar-refractivity contribution in [1.29, 1.82) is 0 Å². The predicted octanol–water partition coefficient (Wildman–Crippen LogP) is 6.99. The van der Waals surface area contributed by atoms with E-state index in [0.717, 1.165) is 39.4 Å². The highest BCUT2D eigenvalue weighted by molar-refractivity contribution is 7.15. The minimum Gasteiger partial charge on any atom is -0.481 e. The lowest BCUT2D eigenvalue weighted by Gasteiger charge is -2.09. The lowest BCUT2D eigenvalue weighted by atomic mass is 10.0. The first kappa shape index (κ1) is 24.9. The smallest absolute Gasteiger partial charge is 0.416 e. The molecule has 2 aromatic carbocycles. The third-order valence-corrected chi connectivity index (χ3v) is 6.34. The van der Waals surface area contributed by atoms with Crippen LogP contribution in [0.4, 0.5) is 13.2 Å². The van der Waals surface area contributed by atoms with Crippen molar-refractivity contribution < 1.29 is 27.8 Å². The third-order valence-electron chi connectivity index (χ3n) is 5.25. The van der Waals surface area contributed by atoms with Crippen molar-refractivity contribution >= 4 is 17.3 Å². The van der Waals surface area contributed by atoms with Crippen LogP contribution < -0.4 is 0 Å². The van der Waals surface area contributed by atoms with Crippen LogP contribution in [0.2, 0.25) is 0 Å². The van der Waals surface area contributed by atoms with Crippen LogP contribution >= 0.6 is 11.3 Å². The quantitative estimate of drug-likeness (QED) is 0.361. The molecule has 0 fully saturated rings. The van der Waals surface area contributed by atoms with Gasteiger partial charge in [-0.1, -0.05) is 44.2 Å². The molecule has 0 amide bonds. The molecule has 0 aliphatic rings. The summed E-state index contributed by atoms with van der Waals surface area (Å²) in [5.41, 5.74) is 3.88. The van der Waals surface area contributed by atoms with Crippen LogP contribution in [-0.2, 0) is 35.3 Å². The summed E-state index contributed by atoms with van der Waals surface area (Å²) < 4.78 is 44.4. The van der Waals surface area contributed by atoms with Gasteiger partial charge < -0.3 is 9.84 Å². The second-order valence-electron chi connectivity index (χ2n) is 8.20. The van der Waals surface area contributed by atoms with E-state index in [-0.39, 0.29) is 12.3 Å². The van der Waals surface area contributed by atoms with E-state index in [4.69, 9.17) is 9.84 Å². The van der Waals surface area contributed by atoms with Gasteiger partial charge in [0.25, 0.3) is 0 Å². The van der Waals surface area contributed by atoms with Crippen LogP contribution in [0.3, 0.4) is 0 Å². The summed E-state index contributed by atoms with van der Waals surface area (Å²) >= 11 is 1.43. The number of halogens is 3. The van der Waals surface area contributed by atoms with E-state index in [1.807, 2.05) is 39.0 Å². The molecule has 0 saturated heterocycles. The number of hydrogen-bond donors (Lipinski definition) is 1. The molecule has 0 bridgehead atoms. The normalized spacial score (nSPS) is 11.8. The van der Waals surface area contributed by atoms with E-state index in [0.29, 0.717) is 30.2 Å². The summed E-state index contributed by atoms with van der Waals surface area (Å²) in [4.78, 5) is 16.4. The van der Waals surface area contributed by atoms with Gasteiger partial charge in [-0.3, -0.25) is 4.79 Å². The zero-order valence-corrected chi connectivity index (χ0v) is 19.5. The molecule has 0 unspecified atom stereocenters. The SMILES string of the molecule is Cc1cc(COCc2sc(-c3ccc(C(F)(F)F)cc3)nc2C(C)C)ccc1CCC(=O)O. The number of alkyl halides is 3. The van der Waals surface area contributed by atoms with E-state index in [1.54, 1.807) is 0 Å². The average molecular weight is 478 g/mol. The van der Waals surface area contributed by atoms with Crippen molar-refractivity contribution in [3.63, 3.8) is 0 Å². The Hall–Kier alpha value is -2.71. The number of ether oxygens (including phenoxy) is 1. The maximum Gasteiger partial charge on any atom is 0.416 e. The Morgan fingerprint density at radius 2 is 1.82 bits per heavy atom. The number of aryl methyl sites for hydroxylation is 2. The predicted molar refractivity (Wildman–Crippen MR) is 122 cm³/mol. The topological polar surface area (TPSA) is 59.4 Å². The third kappa shape index (κ3) is 6.65. The van der Waals surface area contributed by atoms with E-state index in [1.165, 1.54) is 23.5 Å². The zero-order valence-electron chi connectivity index (χ0n) is 18.7. The molecular formula is C25H26F3NO3S. The van der Waals surface area contributed by atoms with E-state index >= 15 is 0 Å². The lowest BCUT2D eigenvalue weighted by molar-refractivity contribution is -0.138. The number of carboxylic acids is 1. The van der Waals surface area contributed by atoms with E-state index in [2.05, 4.69) is 4.98 Å². The number of aromatic nitrogens is 1. The van der Waals surface area contributed by atoms with Gasteiger partial charge in [0.1, 0.15) is 5.01 Å². The van der Waals surface area contributed by atoms with Crippen LogP contribution in [0, 0.1) is 6.92 Å². The summed E-state index contributed by atoms with van der Waals surface area (Å²) in [5, 5.41) is 9.53. The van der Waals surface area contributed by atoms with Crippen molar-refractivity contribution in [2.45, 2.75) is 58.9 Å². The van der Waals surface area contributed by atoms with Gasteiger partial charge in [0.2, 0.25) is 0 Å². The zero-order chi connectivity index (χ0) is 24.2. The van der Waals surface area contributed by atoms with Crippen LogP contribution in [0.1, 0.15) is 59.0 Å². The second-order valence-corrected chi connectivity index (χ2v) is 9.29. The molecule has 1 heterocycles. The Kier molecular flexibility index (Phi) is 7.92. The fourth-order valence-corrected chi connectivity index (χ4v) is 4.63. The van der Waals surface area contributed by atoms with Gasteiger partial charge in [0.15, 0.2) is 0 Å². The Morgan fingerprint density at radius 1 is 1.12 bits per heavy atom. The molecule has 176 valence electrons. The van der Waals surface area contributed by atoms with Gasteiger partial charge in [-0.15, -0.1) is 11.3 Å². The van der Waals surface area contributed by atoms with Gasteiger partial charge in [-0.05, 0) is 48.1 Å². The molecule has 3 rings (SSSR count). The number of carbonyl (C=O) groups is 1. The minimum absolute atomic E-state index is 0.0985. The molecule has 0 spiro atoms. The van der Waals surface area contributed by atoms with Crippen LogP contribution in [0.25, 0.3) is 10.6 Å².